The minimum absolute atomic E-state index is 0.141. The predicted octanol–water partition coefficient (Wildman–Crippen LogP) is 3.26. The molecule has 1 aliphatic rings. The summed E-state index contributed by atoms with van der Waals surface area (Å²) in [7, 11) is 0. The van der Waals surface area contributed by atoms with Crippen molar-refractivity contribution in [2.75, 3.05) is 13.1 Å². The first kappa shape index (κ1) is 22.1. The number of halogens is 1. The second-order valence-corrected chi connectivity index (χ2v) is 8.66. The SMILES string of the molecule is Cc1cc(C)c(CN2CCc3nnc(CNC(=O)Cc4cccc(F)c4)n3CC2)cc1C. The standard InChI is InChI=1S/C25H30FN5O/c1-17-11-19(3)21(12-18(17)2)16-30-8-7-23-28-29-24(31(23)10-9-30)15-27-25(32)14-20-5-4-6-22(26)13-20/h4-6,11-13H,7-10,14-16H2,1-3H3,(H,27,32). The normalized spacial score (nSPS) is 14.1. The number of fused-ring (bicyclic) bond motifs is 1. The van der Waals surface area contributed by atoms with Gasteiger partial charge in [-0.15, -0.1) is 10.2 Å². The van der Waals surface area contributed by atoms with E-state index in [4.69, 9.17) is 0 Å². The lowest BCUT2D eigenvalue weighted by molar-refractivity contribution is -0.120. The molecule has 0 spiro atoms. The Labute approximate surface area is 188 Å². The van der Waals surface area contributed by atoms with Gasteiger partial charge in [-0.1, -0.05) is 24.3 Å². The van der Waals surface area contributed by atoms with Crippen LogP contribution < -0.4 is 5.32 Å². The van der Waals surface area contributed by atoms with Gasteiger partial charge in [-0.25, -0.2) is 4.39 Å². The van der Waals surface area contributed by atoms with Gasteiger partial charge in [0, 0.05) is 32.6 Å². The maximum atomic E-state index is 13.3. The van der Waals surface area contributed by atoms with Gasteiger partial charge in [0.2, 0.25) is 5.91 Å². The number of amides is 1. The van der Waals surface area contributed by atoms with E-state index >= 15 is 0 Å². The molecule has 1 amide bonds. The first-order chi connectivity index (χ1) is 15.4. The van der Waals surface area contributed by atoms with Crippen molar-refractivity contribution in [3.05, 3.63) is 81.7 Å². The number of aromatic nitrogens is 3. The van der Waals surface area contributed by atoms with Gasteiger partial charge in [-0.2, -0.15) is 0 Å². The molecule has 2 aromatic carbocycles. The van der Waals surface area contributed by atoms with Crippen molar-refractivity contribution >= 4 is 5.91 Å². The largest absolute Gasteiger partial charge is 0.349 e. The Balaban J connectivity index is 1.35. The van der Waals surface area contributed by atoms with Gasteiger partial charge in [0.05, 0.1) is 13.0 Å². The first-order valence-corrected chi connectivity index (χ1v) is 11.1. The van der Waals surface area contributed by atoms with E-state index in [2.05, 4.69) is 57.9 Å². The maximum absolute atomic E-state index is 13.3. The van der Waals surface area contributed by atoms with Gasteiger partial charge >= 0.3 is 0 Å². The first-order valence-electron chi connectivity index (χ1n) is 11.1. The number of hydrogen-bond acceptors (Lipinski definition) is 4. The van der Waals surface area contributed by atoms with Crippen LogP contribution in [0.5, 0.6) is 0 Å². The van der Waals surface area contributed by atoms with Crippen LogP contribution in [0.2, 0.25) is 0 Å². The summed E-state index contributed by atoms with van der Waals surface area (Å²) < 4.78 is 15.4. The molecule has 0 aliphatic carbocycles. The molecule has 1 N–H and O–H groups in total. The number of benzene rings is 2. The number of carbonyl (C=O) groups is 1. The van der Waals surface area contributed by atoms with Gasteiger partial charge in [-0.05, 0) is 60.7 Å². The topological polar surface area (TPSA) is 63.1 Å². The molecule has 32 heavy (non-hydrogen) atoms. The van der Waals surface area contributed by atoms with E-state index in [0.29, 0.717) is 12.1 Å². The van der Waals surface area contributed by atoms with E-state index in [0.717, 1.165) is 44.2 Å². The van der Waals surface area contributed by atoms with Crippen molar-refractivity contribution < 1.29 is 9.18 Å². The van der Waals surface area contributed by atoms with Crippen LogP contribution in [0.3, 0.4) is 0 Å². The van der Waals surface area contributed by atoms with E-state index in [1.54, 1.807) is 12.1 Å². The molecular formula is C25H30FN5O. The Hall–Kier alpha value is -3.06. The molecule has 1 aliphatic heterocycles. The number of nitrogens with zero attached hydrogens (tertiary/aromatic N) is 4. The van der Waals surface area contributed by atoms with Crippen LogP contribution in [-0.2, 0) is 37.3 Å². The molecule has 4 rings (SSSR count). The average molecular weight is 436 g/mol. The fraction of sp³-hybridized carbons (Fsp3) is 0.400. The number of rotatable bonds is 6. The molecule has 3 aromatic rings. The lowest BCUT2D eigenvalue weighted by atomic mass is 10.0. The molecule has 2 heterocycles. The van der Waals surface area contributed by atoms with Crippen LogP contribution in [0.1, 0.15) is 39.5 Å². The van der Waals surface area contributed by atoms with E-state index in [-0.39, 0.29) is 18.1 Å². The number of hydrogen-bond donors (Lipinski definition) is 1. The highest BCUT2D eigenvalue weighted by Crippen LogP contribution is 2.19. The third kappa shape index (κ3) is 5.22. The zero-order valence-electron chi connectivity index (χ0n) is 19.0. The molecule has 1 aromatic heterocycles. The molecule has 0 saturated heterocycles. The van der Waals surface area contributed by atoms with Gasteiger partial charge in [-0.3, -0.25) is 9.69 Å². The Bertz CT molecular complexity index is 1120. The van der Waals surface area contributed by atoms with E-state index in [1.807, 2.05) is 0 Å². The van der Waals surface area contributed by atoms with Crippen molar-refractivity contribution in [3.8, 4) is 0 Å². The summed E-state index contributed by atoms with van der Waals surface area (Å²) in [4.78, 5) is 14.8. The van der Waals surface area contributed by atoms with E-state index in [1.165, 1.54) is 34.4 Å². The van der Waals surface area contributed by atoms with Crippen LogP contribution >= 0.6 is 0 Å². The summed E-state index contributed by atoms with van der Waals surface area (Å²) in [6, 6.07) is 10.7. The highest BCUT2D eigenvalue weighted by Gasteiger charge is 2.19. The minimum Gasteiger partial charge on any atom is -0.349 e. The average Bonchev–Trinajstić information content (AvgIpc) is 3.02. The van der Waals surface area contributed by atoms with Crippen molar-refractivity contribution in [2.45, 2.75) is 53.2 Å². The minimum atomic E-state index is -0.335. The van der Waals surface area contributed by atoms with Crippen molar-refractivity contribution in [3.63, 3.8) is 0 Å². The van der Waals surface area contributed by atoms with Gasteiger partial charge in [0.25, 0.3) is 0 Å². The molecule has 168 valence electrons. The third-order valence-electron chi connectivity index (χ3n) is 6.24. The fourth-order valence-electron chi connectivity index (χ4n) is 4.22. The molecule has 6 nitrogen and oxygen atoms in total. The Morgan fingerprint density at radius 1 is 1.03 bits per heavy atom. The highest BCUT2D eigenvalue weighted by atomic mass is 19.1. The summed E-state index contributed by atoms with van der Waals surface area (Å²) in [6.45, 7) is 10.4. The maximum Gasteiger partial charge on any atom is 0.224 e. The summed E-state index contributed by atoms with van der Waals surface area (Å²) in [5.74, 6) is 1.22. The number of aryl methyl sites for hydroxylation is 3. The van der Waals surface area contributed by atoms with Gasteiger partial charge in [0.1, 0.15) is 11.6 Å². The zero-order valence-corrected chi connectivity index (χ0v) is 19.0. The quantitative estimate of drug-likeness (QED) is 0.646. The van der Waals surface area contributed by atoms with E-state index < -0.39 is 0 Å². The molecule has 0 fully saturated rings. The summed E-state index contributed by atoms with van der Waals surface area (Å²) >= 11 is 0. The van der Waals surface area contributed by atoms with Crippen LogP contribution in [-0.4, -0.2) is 38.7 Å². The van der Waals surface area contributed by atoms with Crippen LogP contribution in [0.25, 0.3) is 0 Å². The number of carbonyl (C=O) groups excluding carboxylic acids is 1. The molecular weight excluding hydrogens is 405 g/mol. The molecule has 0 radical (unpaired) electrons. The number of nitrogens with one attached hydrogen (secondary N) is 1. The summed E-state index contributed by atoms with van der Waals surface area (Å²) in [5.41, 5.74) is 6.01. The van der Waals surface area contributed by atoms with Crippen LogP contribution in [0.15, 0.2) is 36.4 Å². The van der Waals surface area contributed by atoms with Crippen LogP contribution in [0.4, 0.5) is 4.39 Å². The van der Waals surface area contributed by atoms with Gasteiger partial charge < -0.3 is 9.88 Å². The molecule has 7 heteroatoms. The zero-order chi connectivity index (χ0) is 22.7. The second-order valence-electron chi connectivity index (χ2n) is 8.66. The Kier molecular flexibility index (Phi) is 6.65. The molecule has 0 saturated carbocycles. The van der Waals surface area contributed by atoms with Crippen LogP contribution in [0, 0.1) is 26.6 Å². The van der Waals surface area contributed by atoms with Crippen molar-refractivity contribution in [1.82, 2.24) is 25.0 Å². The van der Waals surface area contributed by atoms with Gasteiger partial charge in [0.15, 0.2) is 5.82 Å². The molecule has 0 bridgehead atoms. The molecule has 0 atom stereocenters. The highest BCUT2D eigenvalue weighted by molar-refractivity contribution is 5.78. The Morgan fingerprint density at radius 3 is 2.66 bits per heavy atom. The van der Waals surface area contributed by atoms with Crippen molar-refractivity contribution in [2.24, 2.45) is 0 Å². The lowest BCUT2D eigenvalue weighted by Gasteiger charge is -2.21. The fourth-order valence-corrected chi connectivity index (χ4v) is 4.22. The van der Waals surface area contributed by atoms with Crippen molar-refractivity contribution in [1.29, 1.82) is 0 Å². The lowest BCUT2D eigenvalue weighted by Crippen LogP contribution is -2.28. The monoisotopic (exact) mass is 435 g/mol. The smallest absolute Gasteiger partial charge is 0.224 e. The second kappa shape index (κ2) is 9.61. The Morgan fingerprint density at radius 2 is 1.84 bits per heavy atom. The molecule has 0 unspecified atom stereocenters. The summed E-state index contributed by atoms with van der Waals surface area (Å²) in [5, 5.41) is 11.6. The summed E-state index contributed by atoms with van der Waals surface area (Å²) in [6.07, 6.45) is 0.968. The third-order valence-corrected chi connectivity index (χ3v) is 6.24. The van der Waals surface area contributed by atoms with E-state index in [9.17, 15) is 9.18 Å². The predicted molar refractivity (Wildman–Crippen MR) is 122 cm³/mol.